The molecule has 3 N–H and O–H groups in total. The van der Waals surface area contributed by atoms with Crippen molar-refractivity contribution in [2.75, 3.05) is 33.3 Å². The summed E-state index contributed by atoms with van der Waals surface area (Å²) in [5.74, 6) is 1.60. The predicted octanol–water partition coefficient (Wildman–Crippen LogP) is 3.91. The number of phenols is 1. The van der Waals surface area contributed by atoms with Gasteiger partial charge in [-0.05, 0) is 56.7 Å². The van der Waals surface area contributed by atoms with Gasteiger partial charge in [0.2, 0.25) is 0 Å². The number of nitrogens with zero attached hydrogens (tertiary/aromatic N) is 2. The third-order valence-electron chi connectivity index (χ3n) is 6.22. The largest absolute Gasteiger partial charge is 0.504 e. The number of piperidine rings is 1. The van der Waals surface area contributed by atoms with Crippen molar-refractivity contribution in [3.05, 3.63) is 23.8 Å². The van der Waals surface area contributed by atoms with Crippen LogP contribution in [0.15, 0.2) is 23.2 Å². The maximum absolute atomic E-state index is 9.73. The SMILES string of the molecule is CCNC(=NCCc1ccc(O)c(OC)c1)NC1CCN(C2CCCCC2)CC1.I. The van der Waals surface area contributed by atoms with E-state index in [4.69, 9.17) is 9.73 Å². The van der Waals surface area contributed by atoms with E-state index in [0.717, 1.165) is 30.5 Å². The quantitative estimate of drug-likeness (QED) is 0.284. The summed E-state index contributed by atoms with van der Waals surface area (Å²) < 4.78 is 5.19. The van der Waals surface area contributed by atoms with E-state index in [2.05, 4.69) is 22.5 Å². The number of rotatable bonds is 7. The van der Waals surface area contributed by atoms with E-state index in [1.807, 2.05) is 12.1 Å². The summed E-state index contributed by atoms with van der Waals surface area (Å²) in [5.41, 5.74) is 1.11. The van der Waals surface area contributed by atoms with Crippen LogP contribution in [0.25, 0.3) is 0 Å². The van der Waals surface area contributed by atoms with Crippen LogP contribution in [0.4, 0.5) is 0 Å². The Kier molecular flexibility index (Phi) is 11.1. The molecule has 2 fully saturated rings. The zero-order valence-electron chi connectivity index (χ0n) is 18.5. The lowest BCUT2D eigenvalue weighted by Gasteiger charge is -2.39. The van der Waals surface area contributed by atoms with Gasteiger partial charge in [-0.3, -0.25) is 4.99 Å². The first-order valence-corrected chi connectivity index (χ1v) is 11.3. The van der Waals surface area contributed by atoms with Gasteiger partial charge >= 0.3 is 0 Å². The van der Waals surface area contributed by atoms with Crippen molar-refractivity contribution < 1.29 is 9.84 Å². The van der Waals surface area contributed by atoms with Crippen molar-refractivity contribution in [3.8, 4) is 11.5 Å². The highest BCUT2D eigenvalue weighted by Gasteiger charge is 2.26. The molecular weight excluding hydrogens is 491 g/mol. The lowest BCUT2D eigenvalue weighted by molar-refractivity contribution is 0.119. The third-order valence-corrected chi connectivity index (χ3v) is 6.22. The van der Waals surface area contributed by atoms with Gasteiger partial charge in [0.25, 0.3) is 0 Å². The highest BCUT2D eigenvalue weighted by Crippen LogP contribution is 2.27. The van der Waals surface area contributed by atoms with Crippen molar-refractivity contribution >= 4 is 29.9 Å². The molecule has 2 aliphatic rings. The number of phenolic OH excluding ortho intramolecular Hbond substituents is 1. The van der Waals surface area contributed by atoms with E-state index in [0.29, 0.717) is 18.3 Å². The van der Waals surface area contributed by atoms with E-state index < -0.39 is 0 Å². The van der Waals surface area contributed by atoms with Crippen LogP contribution in [0.2, 0.25) is 0 Å². The van der Waals surface area contributed by atoms with E-state index in [1.54, 1.807) is 13.2 Å². The molecule has 0 unspecified atom stereocenters. The average molecular weight is 530 g/mol. The standard InChI is InChI=1S/C23H38N4O2.HI/c1-3-24-23(25-14-11-18-9-10-21(28)22(17-18)29-2)26-19-12-15-27(16-13-19)20-7-5-4-6-8-20;/h9-10,17,19-20,28H,3-8,11-16H2,1-2H3,(H2,24,25,26);1H. The summed E-state index contributed by atoms with van der Waals surface area (Å²) in [4.78, 5) is 7.49. The van der Waals surface area contributed by atoms with Crippen LogP contribution < -0.4 is 15.4 Å². The Morgan fingerprint density at radius 2 is 1.90 bits per heavy atom. The number of aromatic hydroxyl groups is 1. The summed E-state index contributed by atoms with van der Waals surface area (Å²) in [5, 5.41) is 16.8. The number of hydrogen-bond acceptors (Lipinski definition) is 4. The number of benzene rings is 1. The molecule has 1 aromatic carbocycles. The summed E-state index contributed by atoms with van der Waals surface area (Å²) in [6.45, 7) is 6.07. The number of methoxy groups -OCH3 is 1. The summed E-state index contributed by atoms with van der Waals surface area (Å²) in [6, 6.07) is 6.82. The second-order valence-electron chi connectivity index (χ2n) is 8.26. The molecule has 0 atom stereocenters. The van der Waals surface area contributed by atoms with Crippen LogP contribution in [-0.2, 0) is 6.42 Å². The number of hydrogen-bond donors (Lipinski definition) is 3. The zero-order valence-corrected chi connectivity index (χ0v) is 20.9. The zero-order chi connectivity index (χ0) is 20.5. The van der Waals surface area contributed by atoms with Gasteiger partial charge in [0.15, 0.2) is 17.5 Å². The van der Waals surface area contributed by atoms with Crippen LogP contribution in [0.1, 0.15) is 57.4 Å². The molecule has 6 nitrogen and oxygen atoms in total. The van der Waals surface area contributed by atoms with Gasteiger partial charge < -0.3 is 25.4 Å². The van der Waals surface area contributed by atoms with Crippen LogP contribution in [0, 0.1) is 0 Å². The van der Waals surface area contributed by atoms with Crippen molar-refractivity contribution in [2.24, 2.45) is 4.99 Å². The minimum atomic E-state index is 0. The van der Waals surface area contributed by atoms with Gasteiger partial charge in [-0.1, -0.05) is 25.3 Å². The molecule has 0 amide bonds. The number of guanidine groups is 1. The molecule has 1 saturated heterocycles. The van der Waals surface area contributed by atoms with Gasteiger partial charge in [-0.25, -0.2) is 0 Å². The Morgan fingerprint density at radius 1 is 1.17 bits per heavy atom. The minimum absolute atomic E-state index is 0. The average Bonchev–Trinajstić information content (AvgIpc) is 2.76. The Bertz CT molecular complexity index is 657. The number of ether oxygens (including phenoxy) is 1. The van der Waals surface area contributed by atoms with Gasteiger partial charge in [0.1, 0.15) is 0 Å². The van der Waals surface area contributed by atoms with E-state index in [-0.39, 0.29) is 29.7 Å². The Labute approximate surface area is 198 Å². The van der Waals surface area contributed by atoms with Crippen molar-refractivity contribution in [1.29, 1.82) is 0 Å². The first-order valence-electron chi connectivity index (χ1n) is 11.3. The highest BCUT2D eigenvalue weighted by atomic mass is 127. The molecular formula is C23H39IN4O2. The fourth-order valence-corrected chi connectivity index (χ4v) is 4.54. The van der Waals surface area contributed by atoms with Crippen LogP contribution in [0.5, 0.6) is 11.5 Å². The molecule has 0 bridgehead atoms. The Balaban J connectivity index is 0.00000320. The molecule has 7 heteroatoms. The second-order valence-corrected chi connectivity index (χ2v) is 8.26. The number of halogens is 1. The Hall–Kier alpha value is -1.22. The number of aliphatic imine (C=N–C) groups is 1. The maximum atomic E-state index is 9.73. The number of nitrogens with one attached hydrogen (secondary N) is 2. The van der Waals surface area contributed by atoms with Crippen LogP contribution in [0.3, 0.4) is 0 Å². The molecule has 0 spiro atoms. The highest BCUT2D eigenvalue weighted by molar-refractivity contribution is 14.0. The fraction of sp³-hybridized carbons (Fsp3) is 0.696. The van der Waals surface area contributed by atoms with E-state index in [1.165, 1.54) is 58.0 Å². The normalized spacial score (nSPS) is 19.2. The van der Waals surface area contributed by atoms with Gasteiger partial charge in [-0.2, -0.15) is 0 Å². The number of likely N-dealkylation sites (tertiary alicyclic amines) is 1. The van der Waals surface area contributed by atoms with Gasteiger partial charge in [-0.15, -0.1) is 24.0 Å². The Morgan fingerprint density at radius 3 is 2.57 bits per heavy atom. The van der Waals surface area contributed by atoms with Crippen molar-refractivity contribution in [1.82, 2.24) is 15.5 Å². The summed E-state index contributed by atoms with van der Waals surface area (Å²) in [7, 11) is 1.57. The molecule has 30 heavy (non-hydrogen) atoms. The molecule has 1 aromatic rings. The van der Waals surface area contributed by atoms with E-state index >= 15 is 0 Å². The lowest BCUT2D eigenvalue weighted by Crippen LogP contribution is -2.51. The summed E-state index contributed by atoms with van der Waals surface area (Å²) in [6.07, 6.45) is 10.2. The van der Waals surface area contributed by atoms with Gasteiger partial charge in [0.05, 0.1) is 7.11 Å². The first-order chi connectivity index (χ1) is 14.2. The topological polar surface area (TPSA) is 69.1 Å². The molecule has 170 valence electrons. The molecule has 1 aliphatic heterocycles. The van der Waals surface area contributed by atoms with Crippen LogP contribution >= 0.6 is 24.0 Å². The molecule has 1 heterocycles. The minimum Gasteiger partial charge on any atom is -0.504 e. The summed E-state index contributed by atoms with van der Waals surface area (Å²) >= 11 is 0. The van der Waals surface area contributed by atoms with E-state index in [9.17, 15) is 5.11 Å². The third kappa shape index (κ3) is 7.48. The monoisotopic (exact) mass is 530 g/mol. The van der Waals surface area contributed by atoms with Crippen LogP contribution in [-0.4, -0.2) is 61.3 Å². The second kappa shape index (κ2) is 13.2. The van der Waals surface area contributed by atoms with Crippen molar-refractivity contribution in [3.63, 3.8) is 0 Å². The lowest BCUT2D eigenvalue weighted by atomic mass is 9.92. The predicted molar refractivity (Wildman–Crippen MR) is 134 cm³/mol. The van der Waals surface area contributed by atoms with Crippen molar-refractivity contribution in [2.45, 2.75) is 70.4 Å². The molecule has 1 aliphatic carbocycles. The molecule has 1 saturated carbocycles. The fourth-order valence-electron chi connectivity index (χ4n) is 4.54. The smallest absolute Gasteiger partial charge is 0.191 e. The maximum Gasteiger partial charge on any atom is 0.191 e. The molecule has 0 radical (unpaired) electrons. The molecule has 0 aromatic heterocycles. The van der Waals surface area contributed by atoms with Gasteiger partial charge in [0, 0.05) is 38.3 Å². The first kappa shape index (κ1) is 25.0. The molecule has 3 rings (SSSR count).